The van der Waals surface area contributed by atoms with Crippen molar-refractivity contribution < 1.29 is 19.4 Å². The van der Waals surface area contributed by atoms with Crippen LogP contribution in [0.1, 0.15) is 62.9 Å². The Kier molecular flexibility index (Phi) is 6.66. The number of fused-ring (bicyclic) bond motifs is 1. The molecule has 0 unspecified atom stereocenters. The number of thiophene rings is 1. The Bertz CT molecular complexity index is 1280. The lowest BCUT2D eigenvalue weighted by atomic mass is 10.0. The van der Waals surface area contributed by atoms with Crippen LogP contribution in [0.25, 0.3) is 0 Å². The number of aryl methyl sites for hydroxylation is 2. The predicted octanol–water partition coefficient (Wildman–Crippen LogP) is 5.40. The van der Waals surface area contributed by atoms with Gasteiger partial charge < -0.3 is 9.84 Å². The maximum atomic E-state index is 13.0. The zero-order chi connectivity index (χ0) is 24.4. The largest absolute Gasteiger partial charge is 0.504 e. The predicted molar refractivity (Wildman–Crippen MR) is 131 cm³/mol. The highest BCUT2D eigenvalue weighted by molar-refractivity contribution is 7.17. The Morgan fingerprint density at radius 2 is 1.94 bits per heavy atom. The van der Waals surface area contributed by atoms with Gasteiger partial charge in [-0.2, -0.15) is 5.26 Å². The maximum absolute atomic E-state index is 13.0. The quantitative estimate of drug-likeness (QED) is 0.259. The molecule has 2 heterocycles. The van der Waals surface area contributed by atoms with Crippen LogP contribution in [0.3, 0.4) is 0 Å². The Hall–Kier alpha value is -3.70. The van der Waals surface area contributed by atoms with Gasteiger partial charge in [-0.15, -0.1) is 11.3 Å². The van der Waals surface area contributed by atoms with Gasteiger partial charge in [0.1, 0.15) is 16.6 Å². The van der Waals surface area contributed by atoms with E-state index in [4.69, 9.17) is 10.1 Å². The van der Waals surface area contributed by atoms with E-state index in [1.165, 1.54) is 22.3 Å². The highest BCUT2D eigenvalue weighted by atomic mass is 32.1. The number of nitriles is 1. The number of carbonyl (C=O) groups is 2. The van der Waals surface area contributed by atoms with Crippen molar-refractivity contribution in [1.82, 2.24) is 0 Å². The minimum Gasteiger partial charge on any atom is -0.504 e. The first-order valence-corrected chi connectivity index (χ1v) is 12.1. The van der Waals surface area contributed by atoms with E-state index in [2.05, 4.69) is 0 Å². The number of amidine groups is 1. The standard InChI is InChI=1S/C26H25N3O4S/c1-3-33-26(32)22-17-7-5-4-6-8-21(17)34-25(22)29-19(23(31)18(14-27)24(29)28)13-20(30)16-11-9-15(2)10-12-16/h9-13,28,31H,3-8H2,1-2H3/b19-13+,28-24?. The molecule has 2 N–H and O–H groups in total. The van der Waals surface area contributed by atoms with Crippen LogP contribution in [0.2, 0.25) is 0 Å². The molecule has 7 nitrogen and oxygen atoms in total. The maximum Gasteiger partial charge on any atom is 0.341 e. The van der Waals surface area contributed by atoms with Gasteiger partial charge in [-0.1, -0.05) is 36.2 Å². The zero-order valence-electron chi connectivity index (χ0n) is 19.1. The Labute approximate surface area is 202 Å². The number of benzene rings is 1. The van der Waals surface area contributed by atoms with Crippen LogP contribution in [0, 0.1) is 23.7 Å². The number of carbonyl (C=O) groups excluding carboxylic acids is 2. The summed E-state index contributed by atoms with van der Waals surface area (Å²) < 4.78 is 5.35. The molecule has 0 fully saturated rings. The van der Waals surface area contributed by atoms with Gasteiger partial charge in [0.25, 0.3) is 0 Å². The summed E-state index contributed by atoms with van der Waals surface area (Å²) >= 11 is 1.36. The summed E-state index contributed by atoms with van der Waals surface area (Å²) in [5, 5.41) is 29.4. The molecule has 1 aliphatic carbocycles. The first-order chi connectivity index (χ1) is 16.4. The highest BCUT2D eigenvalue weighted by Gasteiger charge is 2.39. The van der Waals surface area contributed by atoms with Gasteiger partial charge in [0.15, 0.2) is 17.4 Å². The molecule has 0 spiro atoms. The molecule has 1 aromatic carbocycles. The third-order valence-corrected chi connectivity index (χ3v) is 7.26. The van der Waals surface area contributed by atoms with Crippen molar-refractivity contribution in [3.63, 3.8) is 0 Å². The summed E-state index contributed by atoms with van der Waals surface area (Å²) in [4.78, 5) is 28.4. The molecule has 0 bridgehead atoms. The van der Waals surface area contributed by atoms with Gasteiger partial charge in [0.2, 0.25) is 0 Å². The molecule has 2 aliphatic rings. The van der Waals surface area contributed by atoms with Crippen molar-refractivity contribution in [1.29, 1.82) is 10.7 Å². The SMILES string of the molecule is CCOC(=O)c1c(N2C(=N)C(C#N)=C(O)/C2=C\C(=O)c2ccc(C)cc2)sc2c1CCCCC2. The lowest BCUT2D eigenvalue weighted by Crippen LogP contribution is -2.26. The molecule has 2 aromatic rings. The van der Waals surface area contributed by atoms with E-state index in [9.17, 15) is 20.0 Å². The molecule has 1 aromatic heterocycles. The summed E-state index contributed by atoms with van der Waals surface area (Å²) in [5.74, 6) is -1.61. The van der Waals surface area contributed by atoms with Crippen molar-refractivity contribution in [2.45, 2.75) is 46.0 Å². The third-order valence-electron chi connectivity index (χ3n) is 5.98. The Morgan fingerprint density at radius 1 is 1.24 bits per heavy atom. The molecule has 4 rings (SSSR count). The number of rotatable bonds is 5. The van der Waals surface area contributed by atoms with E-state index in [0.717, 1.165) is 41.7 Å². The van der Waals surface area contributed by atoms with Gasteiger partial charge in [-0.05, 0) is 45.1 Å². The van der Waals surface area contributed by atoms with Crippen molar-refractivity contribution in [2.24, 2.45) is 0 Å². The number of aliphatic hydroxyl groups is 1. The molecule has 0 saturated carbocycles. The normalized spacial score (nSPS) is 16.9. The molecule has 34 heavy (non-hydrogen) atoms. The van der Waals surface area contributed by atoms with E-state index < -0.39 is 11.7 Å². The molecular formula is C26H25N3O4S. The minimum absolute atomic E-state index is 0.00841. The number of hydrogen-bond acceptors (Lipinski definition) is 7. The first kappa shape index (κ1) is 23.5. The number of hydrogen-bond donors (Lipinski definition) is 2. The van der Waals surface area contributed by atoms with Crippen LogP contribution in [0.15, 0.2) is 47.4 Å². The summed E-state index contributed by atoms with van der Waals surface area (Å²) in [6, 6.07) is 8.85. The number of aliphatic hydroxyl groups excluding tert-OH is 1. The molecule has 1 aliphatic heterocycles. The molecular weight excluding hydrogens is 450 g/mol. The fraction of sp³-hybridized carbons (Fsp3) is 0.308. The molecule has 8 heteroatoms. The lowest BCUT2D eigenvalue weighted by molar-refractivity contribution is 0.0526. The van der Waals surface area contributed by atoms with Crippen LogP contribution in [0.5, 0.6) is 0 Å². The van der Waals surface area contributed by atoms with E-state index in [1.54, 1.807) is 19.1 Å². The first-order valence-electron chi connectivity index (χ1n) is 11.2. The smallest absolute Gasteiger partial charge is 0.341 e. The number of ether oxygens (including phenoxy) is 1. The zero-order valence-corrected chi connectivity index (χ0v) is 19.9. The second-order valence-corrected chi connectivity index (χ2v) is 9.33. The van der Waals surface area contributed by atoms with Crippen LogP contribution >= 0.6 is 11.3 Å². The summed E-state index contributed by atoms with van der Waals surface area (Å²) in [6.07, 6.45) is 5.74. The minimum atomic E-state index is -0.501. The molecule has 0 atom stereocenters. The van der Waals surface area contributed by atoms with Crippen LogP contribution in [-0.4, -0.2) is 29.3 Å². The summed E-state index contributed by atoms with van der Waals surface area (Å²) in [5.41, 5.74) is 2.43. The van der Waals surface area contributed by atoms with Gasteiger partial charge in [-0.3, -0.25) is 15.1 Å². The molecule has 0 saturated heterocycles. The van der Waals surface area contributed by atoms with Crippen molar-refractivity contribution in [3.05, 3.63) is 74.5 Å². The Balaban J connectivity index is 1.87. The molecule has 174 valence electrons. The number of anilines is 1. The number of nitrogens with zero attached hydrogens (tertiary/aromatic N) is 2. The number of esters is 1. The fourth-order valence-corrected chi connectivity index (χ4v) is 5.65. The van der Waals surface area contributed by atoms with E-state index >= 15 is 0 Å². The van der Waals surface area contributed by atoms with Crippen molar-refractivity contribution >= 4 is 33.9 Å². The molecule has 0 radical (unpaired) electrons. The second kappa shape index (κ2) is 9.65. The average molecular weight is 476 g/mol. The van der Waals surface area contributed by atoms with Gasteiger partial charge in [0.05, 0.1) is 17.9 Å². The van der Waals surface area contributed by atoms with E-state index in [-0.39, 0.29) is 29.5 Å². The van der Waals surface area contributed by atoms with Gasteiger partial charge >= 0.3 is 5.97 Å². The second-order valence-electron chi connectivity index (χ2n) is 8.24. The van der Waals surface area contributed by atoms with E-state index in [1.807, 2.05) is 25.1 Å². The van der Waals surface area contributed by atoms with Crippen LogP contribution in [0.4, 0.5) is 5.00 Å². The van der Waals surface area contributed by atoms with Crippen molar-refractivity contribution in [2.75, 3.05) is 11.5 Å². The lowest BCUT2D eigenvalue weighted by Gasteiger charge is -2.20. The number of nitrogens with one attached hydrogen (secondary N) is 1. The number of allylic oxidation sites excluding steroid dienone is 1. The highest BCUT2D eigenvalue weighted by Crippen LogP contribution is 2.44. The topological polar surface area (TPSA) is 114 Å². The van der Waals surface area contributed by atoms with E-state index in [0.29, 0.717) is 22.5 Å². The fourth-order valence-electron chi connectivity index (χ4n) is 4.25. The number of ketones is 1. The monoisotopic (exact) mass is 475 g/mol. The van der Waals surface area contributed by atoms with Gasteiger partial charge in [-0.25, -0.2) is 4.79 Å². The summed E-state index contributed by atoms with van der Waals surface area (Å²) in [7, 11) is 0. The van der Waals surface area contributed by atoms with Crippen molar-refractivity contribution in [3.8, 4) is 6.07 Å². The molecule has 0 amide bonds. The average Bonchev–Trinajstić information content (AvgIpc) is 3.16. The summed E-state index contributed by atoms with van der Waals surface area (Å²) in [6.45, 7) is 3.84. The van der Waals surface area contributed by atoms with Crippen LogP contribution in [-0.2, 0) is 17.6 Å². The Morgan fingerprint density at radius 3 is 2.62 bits per heavy atom. The third kappa shape index (κ3) is 4.15. The van der Waals surface area contributed by atoms with Gasteiger partial charge in [0, 0.05) is 16.5 Å². The van der Waals surface area contributed by atoms with Crippen LogP contribution < -0.4 is 4.90 Å².